The van der Waals surface area contributed by atoms with E-state index in [1.807, 2.05) is 24.3 Å². The third-order valence-corrected chi connectivity index (χ3v) is 7.53. The first-order valence-electron chi connectivity index (χ1n) is 10.2. The number of amides is 1. The van der Waals surface area contributed by atoms with E-state index in [1.165, 1.54) is 16.7 Å². The summed E-state index contributed by atoms with van der Waals surface area (Å²) in [5, 5.41) is 1.07. The molecule has 1 aliphatic rings. The van der Waals surface area contributed by atoms with Crippen molar-refractivity contribution in [3.8, 4) is 17.2 Å². The highest BCUT2D eigenvalue weighted by atomic mass is 79.9. The summed E-state index contributed by atoms with van der Waals surface area (Å²) in [7, 11) is 3.11. The largest absolute Gasteiger partial charge is 0.495 e. The quantitative estimate of drug-likeness (QED) is 0.201. The van der Waals surface area contributed by atoms with Crippen LogP contribution in [0, 0.1) is 0 Å². The molecule has 1 saturated heterocycles. The van der Waals surface area contributed by atoms with Gasteiger partial charge in [0.25, 0.3) is 5.91 Å². The summed E-state index contributed by atoms with van der Waals surface area (Å²) in [5.74, 6) is 1.35. The molecule has 180 valence electrons. The number of hydrogen-bond donors (Lipinski definition) is 0. The van der Waals surface area contributed by atoms with Gasteiger partial charge in [0.1, 0.15) is 12.4 Å². The number of rotatable bonds is 7. The average molecular weight is 611 g/mol. The molecule has 0 bridgehead atoms. The molecule has 0 saturated carbocycles. The Morgan fingerprint density at radius 3 is 2.51 bits per heavy atom. The highest BCUT2D eigenvalue weighted by molar-refractivity contribution is 9.10. The minimum Gasteiger partial charge on any atom is -0.495 e. The van der Waals surface area contributed by atoms with Gasteiger partial charge in [0.2, 0.25) is 0 Å². The van der Waals surface area contributed by atoms with E-state index in [9.17, 15) is 4.79 Å². The lowest BCUT2D eigenvalue weighted by atomic mass is 10.1. The number of anilines is 1. The SMILES string of the molecule is COc1ccccc1N1C(=O)/C(=C\c2cc(Br)c(OCc3ccc(Cl)cc3Cl)c(OC)c2)SC1=S. The second-order valence-corrected chi connectivity index (χ2v) is 10.6. The van der Waals surface area contributed by atoms with Crippen LogP contribution in [0.1, 0.15) is 11.1 Å². The van der Waals surface area contributed by atoms with E-state index < -0.39 is 0 Å². The molecule has 0 aromatic heterocycles. The molecule has 1 fully saturated rings. The van der Waals surface area contributed by atoms with Crippen molar-refractivity contribution in [2.45, 2.75) is 6.61 Å². The van der Waals surface area contributed by atoms with E-state index in [4.69, 9.17) is 49.6 Å². The molecule has 1 aliphatic heterocycles. The zero-order valence-electron chi connectivity index (χ0n) is 18.5. The summed E-state index contributed by atoms with van der Waals surface area (Å²) >= 11 is 22.5. The first-order chi connectivity index (χ1) is 16.8. The van der Waals surface area contributed by atoms with Gasteiger partial charge < -0.3 is 14.2 Å². The van der Waals surface area contributed by atoms with Crippen LogP contribution >= 0.6 is 63.1 Å². The van der Waals surface area contributed by atoms with Crippen molar-refractivity contribution in [2.24, 2.45) is 0 Å². The predicted molar refractivity (Wildman–Crippen MR) is 150 cm³/mol. The summed E-state index contributed by atoms with van der Waals surface area (Å²) in [4.78, 5) is 15.2. The van der Waals surface area contributed by atoms with Gasteiger partial charge in [0, 0.05) is 15.6 Å². The number of ether oxygens (including phenoxy) is 3. The summed E-state index contributed by atoms with van der Waals surface area (Å²) in [6, 6.07) is 16.1. The second-order valence-electron chi connectivity index (χ2n) is 7.25. The molecule has 1 heterocycles. The summed E-state index contributed by atoms with van der Waals surface area (Å²) in [5.41, 5.74) is 2.13. The first-order valence-corrected chi connectivity index (χ1v) is 12.9. The third kappa shape index (κ3) is 5.62. The van der Waals surface area contributed by atoms with Crippen molar-refractivity contribution < 1.29 is 19.0 Å². The van der Waals surface area contributed by atoms with Gasteiger partial charge in [-0.05, 0) is 64.0 Å². The Labute approximate surface area is 231 Å². The van der Waals surface area contributed by atoms with Crippen LogP contribution < -0.4 is 19.1 Å². The molecule has 5 nitrogen and oxygen atoms in total. The number of hydrogen-bond acceptors (Lipinski definition) is 6. The third-order valence-electron chi connectivity index (χ3n) is 5.06. The predicted octanol–water partition coefficient (Wildman–Crippen LogP) is 7.76. The van der Waals surface area contributed by atoms with Gasteiger partial charge in [-0.25, -0.2) is 0 Å². The number of carbonyl (C=O) groups is 1. The van der Waals surface area contributed by atoms with Crippen molar-refractivity contribution >= 4 is 85.1 Å². The van der Waals surface area contributed by atoms with Crippen molar-refractivity contribution in [3.63, 3.8) is 0 Å². The highest BCUT2D eigenvalue weighted by Crippen LogP contribution is 2.42. The van der Waals surface area contributed by atoms with Gasteiger partial charge in [0.15, 0.2) is 15.8 Å². The van der Waals surface area contributed by atoms with Crippen LogP contribution in [-0.2, 0) is 11.4 Å². The second kappa shape index (κ2) is 11.2. The number of carbonyl (C=O) groups excluding carboxylic acids is 1. The monoisotopic (exact) mass is 609 g/mol. The number of methoxy groups -OCH3 is 2. The Morgan fingerprint density at radius 2 is 1.80 bits per heavy atom. The first kappa shape index (κ1) is 25.9. The smallest absolute Gasteiger partial charge is 0.270 e. The molecule has 0 N–H and O–H groups in total. The maximum Gasteiger partial charge on any atom is 0.270 e. The van der Waals surface area contributed by atoms with E-state index in [1.54, 1.807) is 50.6 Å². The maximum absolute atomic E-state index is 13.2. The Hall–Kier alpha value is -2.23. The van der Waals surface area contributed by atoms with E-state index in [-0.39, 0.29) is 12.5 Å². The number of benzene rings is 3. The van der Waals surface area contributed by atoms with Crippen LogP contribution in [0.25, 0.3) is 6.08 Å². The topological polar surface area (TPSA) is 48.0 Å². The number of halogens is 3. The van der Waals surface area contributed by atoms with Crippen molar-refractivity contribution in [2.75, 3.05) is 19.1 Å². The van der Waals surface area contributed by atoms with E-state index >= 15 is 0 Å². The molecule has 0 atom stereocenters. The zero-order chi connectivity index (χ0) is 25.1. The average Bonchev–Trinajstić information content (AvgIpc) is 3.11. The Balaban J connectivity index is 1.60. The lowest BCUT2D eigenvalue weighted by Gasteiger charge is -2.17. The molecular weight excluding hydrogens is 593 g/mol. The molecule has 10 heteroatoms. The van der Waals surface area contributed by atoms with Crippen LogP contribution in [0.5, 0.6) is 17.2 Å². The Morgan fingerprint density at radius 1 is 1.06 bits per heavy atom. The standard InChI is InChI=1S/C25H18BrCl2NO4S2/c1-31-20-6-4-3-5-19(20)29-24(30)22(35-25(29)34)11-14-9-17(26)23(21(10-14)32-2)33-13-15-7-8-16(27)12-18(15)28/h3-12H,13H2,1-2H3/b22-11+. The van der Waals surface area contributed by atoms with E-state index in [0.717, 1.165) is 11.1 Å². The number of nitrogens with zero attached hydrogens (tertiary/aromatic N) is 1. The Kier molecular flexibility index (Phi) is 8.29. The Bertz CT molecular complexity index is 1350. The van der Waals surface area contributed by atoms with Crippen molar-refractivity contribution in [1.82, 2.24) is 0 Å². The minimum atomic E-state index is -0.225. The highest BCUT2D eigenvalue weighted by Gasteiger charge is 2.35. The molecule has 4 rings (SSSR count). The summed E-state index contributed by atoms with van der Waals surface area (Å²) < 4.78 is 18.0. The van der Waals surface area contributed by atoms with Gasteiger partial charge in [-0.15, -0.1) is 0 Å². The van der Waals surface area contributed by atoms with Gasteiger partial charge in [0.05, 0.1) is 29.3 Å². The van der Waals surface area contributed by atoms with E-state index in [0.29, 0.717) is 46.7 Å². The fourth-order valence-electron chi connectivity index (χ4n) is 3.39. The molecule has 1 amide bonds. The molecular formula is C25H18BrCl2NO4S2. The molecule has 0 spiro atoms. The lowest BCUT2D eigenvalue weighted by Crippen LogP contribution is -2.27. The van der Waals surface area contributed by atoms with Crippen LogP contribution in [0.15, 0.2) is 64.0 Å². The summed E-state index contributed by atoms with van der Waals surface area (Å²) in [6.45, 7) is 0.224. The zero-order valence-corrected chi connectivity index (χ0v) is 23.2. The molecule has 3 aromatic carbocycles. The molecule has 0 unspecified atom stereocenters. The summed E-state index contributed by atoms with van der Waals surface area (Å²) in [6.07, 6.45) is 1.77. The number of para-hydroxylation sites is 2. The van der Waals surface area contributed by atoms with Crippen LogP contribution in [-0.4, -0.2) is 24.4 Å². The fraction of sp³-hybridized carbons (Fsp3) is 0.120. The van der Waals surface area contributed by atoms with Crippen molar-refractivity contribution in [1.29, 1.82) is 0 Å². The molecule has 3 aromatic rings. The van der Waals surface area contributed by atoms with Gasteiger partial charge in [-0.3, -0.25) is 9.69 Å². The van der Waals surface area contributed by atoms with Crippen molar-refractivity contribution in [3.05, 3.63) is 85.1 Å². The molecule has 35 heavy (non-hydrogen) atoms. The van der Waals surface area contributed by atoms with Crippen LogP contribution in [0.3, 0.4) is 0 Å². The van der Waals surface area contributed by atoms with E-state index in [2.05, 4.69) is 15.9 Å². The molecule has 0 aliphatic carbocycles. The van der Waals surface area contributed by atoms with Crippen LogP contribution in [0.4, 0.5) is 5.69 Å². The maximum atomic E-state index is 13.2. The fourth-order valence-corrected chi connectivity index (χ4v) is 5.72. The normalized spacial score (nSPS) is 14.5. The number of thioether (sulfide) groups is 1. The van der Waals surface area contributed by atoms with Gasteiger partial charge in [-0.2, -0.15) is 0 Å². The van der Waals surface area contributed by atoms with Gasteiger partial charge >= 0.3 is 0 Å². The lowest BCUT2D eigenvalue weighted by molar-refractivity contribution is -0.113. The number of thiocarbonyl (C=S) groups is 1. The van der Waals surface area contributed by atoms with Crippen LogP contribution in [0.2, 0.25) is 10.0 Å². The van der Waals surface area contributed by atoms with Gasteiger partial charge in [-0.1, -0.05) is 65.4 Å². The molecule has 0 radical (unpaired) electrons. The minimum absolute atomic E-state index is 0.224.